The zero-order chi connectivity index (χ0) is 13.5. The molecule has 1 aliphatic rings. The Labute approximate surface area is 115 Å². The van der Waals surface area contributed by atoms with E-state index < -0.39 is 0 Å². The highest BCUT2D eigenvalue weighted by Crippen LogP contribution is 2.28. The van der Waals surface area contributed by atoms with Gasteiger partial charge in [-0.05, 0) is 30.9 Å². The van der Waals surface area contributed by atoms with Crippen molar-refractivity contribution in [1.82, 2.24) is 0 Å². The van der Waals surface area contributed by atoms with Crippen LogP contribution in [-0.4, -0.2) is 11.0 Å². The van der Waals surface area contributed by atoms with Crippen LogP contribution in [0.2, 0.25) is 0 Å². The Kier molecular flexibility index (Phi) is 5.25. The Morgan fingerprint density at radius 3 is 2.68 bits per heavy atom. The zero-order valence-corrected chi connectivity index (χ0v) is 11.4. The Morgan fingerprint density at radius 1 is 1.21 bits per heavy atom. The molecule has 0 aromatic heterocycles. The Bertz CT molecular complexity index is 411. The van der Waals surface area contributed by atoms with Gasteiger partial charge in [0.05, 0.1) is 5.69 Å². The second-order valence-electron chi connectivity index (χ2n) is 5.46. The van der Waals surface area contributed by atoms with Gasteiger partial charge in [-0.3, -0.25) is 4.79 Å². The number of para-hydroxylation sites is 2. The van der Waals surface area contributed by atoms with Crippen molar-refractivity contribution in [1.29, 1.82) is 0 Å². The van der Waals surface area contributed by atoms with Crippen molar-refractivity contribution < 1.29 is 9.90 Å². The molecule has 1 aromatic carbocycles. The third-order valence-electron chi connectivity index (χ3n) is 3.92. The van der Waals surface area contributed by atoms with Crippen LogP contribution in [0.5, 0.6) is 5.75 Å². The molecule has 0 atom stereocenters. The molecule has 1 aliphatic carbocycles. The van der Waals surface area contributed by atoms with Crippen molar-refractivity contribution >= 4 is 11.6 Å². The minimum Gasteiger partial charge on any atom is -0.506 e. The first-order valence-corrected chi connectivity index (χ1v) is 7.33. The van der Waals surface area contributed by atoms with E-state index in [9.17, 15) is 9.90 Å². The summed E-state index contributed by atoms with van der Waals surface area (Å²) in [6, 6.07) is 6.84. The van der Waals surface area contributed by atoms with Gasteiger partial charge >= 0.3 is 0 Å². The van der Waals surface area contributed by atoms with E-state index in [1.54, 1.807) is 24.3 Å². The highest BCUT2D eigenvalue weighted by atomic mass is 16.3. The number of phenolic OH excluding ortho intramolecular Hbond substituents is 1. The monoisotopic (exact) mass is 261 g/mol. The van der Waals surface area contributed by atoms with E-state index in [-0.39, 0.29) is 11.7 Å². The van der Waals surface area contributed by atoms with Crippen LogP contribution in [0.4, 0.5) is 5.69 Å². The molecular formula is C16H23NO2. The van der Waals surface area contributed by atoms with Gasteiger partial charge < -0.3 is 10.4 Å². The molecule has 1 fully saturated rings. The summed E-state index contributed by atoms with van der Waals surface area (Å²) in [6.45, 7) is 0. The molecule has 0 saturated heterocycles. The molecule has 19 heavy (non-hydrogen) atoms. The van der Waals surface area contributed by atoms with Gasteiger partial charge in [-0.25, -0.2) is 0 Å². The standard InChI is InChI=1S/C16H23NO2/c18-15-11-5-4-10-14(15)17-16(19)12-6-9-13-7-2-1-3-8-13/h4-5,10-11,13,18H,1-3,6-9,12H2,(H,17,19). The molecule has 3 nitrogen and oxygen atoms in total. The number of carbonyl (C=O) groups is 1. The maximum atomic E-state index is 11.8. The number of aromatic hydroxyl groups is 1. The Balaban J connectivity index is 1.68. The highest BCUT2D eigenvalue weighted by Gasteiger charge is 2.13. The fourth-order valence-electron chi connectivity index (χ4n) is 2.82. The molecule has 0 heterocycles. The number of benzene rings is 1. The molecule has 0 unspecified atom stereocenters. The van der Waals surface area contributed by atoms with Gasteiger partial charge in [0.2, 0.25) is 5.91 Å². The van der Waals surface area contributed by atoms with Crippen LogP contribution in [0.25, 0.3) is 0 Å². The van der Waals surface area contributed by atoms with Crippen LogP contribution in [0, 0.1) is 5.92 Å². The van der Waals surface area contributed by atoms with E-state index in [2.05, 4.69) is 5.32 Å². The van der Waals surface area contributed by atoms with Crippen LogP contribution in [0.1, 0.15) is 51.4 Å². The van der Waals surface area contributed by atoms with Crippen molar-refractivity contribution in [3.05, 3.63) is 24.3 Å². The quantitative estimate of drug-likeness (QED) is 0.785. The molecule has 1 aromatic rings. The third-order valence-corrected chi connectivity index (χ3v) is 3.92. The molecule has 0 bridgehead atoms. The lowest BCUT2D eigenvalue weighted by atomic mass is 9.86. The zero-order valence-electron chi connectivity index (χ0n) is 11.4. The van der Waals surface area contributed by atoms with E-state index in [1.807, 2.05) is 0 Å². The van der Waals surface area contributed by atoms with Gasteiger partial charge in [0.15, 0.2) is 0 Å². The van der Waals surface area contributed by atoms with Crippen molar-refractivity contribution in [2.45, 2.75) is 51.4 Å². The predicted molar refractivity (Wildman–Crippen MR) is 77.2 cm³/mol. The normalized spacial score (nSPS) is 16.2. The minimum absolute atomic E-state index is 0.00249. The van der Waals surface area contributed by atoms with Gasteiger partial charge in [-0.15, -0.1) is 0 Å². The highest BCUT2D eigenvalue weighted by molar-refractivity contribution is 5.92. The summed E-state index contributed by atoms with van der Waals surface area (Å²) < 4.78 is 0. The van der Waals surface area contributed by atoms with Crippen molar-refractivity contribution in [3.8, 4) is 5.75 Å². The summed E-state index contributed by atoms with van der Waals surface area (Å²) in [7, 11) is 0. The first kappa shape index (κ1) is 13.9. The maximum absolute atomic E-state index is 11.8. The molecule has 0 spiro atoms. The van der Waals surface area contributed by atoms with Crippen LogP contribution >= 0.6 is 0 Å². The topological polar surface area (TPSA) is 49.3 Å². The second kappa shape index (κ2) is 7.17. The number of phenols is 1. The maximum Gasteiger partial charge on any atom is 0.224 e. The van der Waals surface area contributed by atoms with Crippen molar-refractivity contribution in [2.24, 2.45) is 5.92 Å². The third kappa shape index (κ3) is 4.58. The lowest BCUT2D eigenvalue weighted by Gasteiger charge is -2.21. The summed E-state index contributed by atoms with van der Waals surface area (Å²) >= 11 is 0. The van der Waals surface area contributed by atoms with E-state index in [0.29, 0.717) is 12.1 Å². The van der Waals surface area contributed by atoms with Gasteiger partial charge in [0.25, 0.3) is 0 Å². The molecule has 1 saturated carbocycles. The first-order chi connectivity index (χ1) is 9.25. The predicted octanol–water partition coefficient (Wildman–Crippen LogP) is 4.08. The molecule has 104 valence electrons. The number of hydrogen-bond donors (Lipinski definition) is 2. The summed E-state index contributed by atoms with van der Waals surface area (Å²) in [5.74, 6) is 0.951. The van der Waals surface area contributed by atoms with Gasteiger partial charge in [-0.1, -0.05) is 44.2 Å². The van der Waals surface area contributed by atoms with E-state index >= 15 is 0 Å². The number of hydrogen-bond acceptors (Lipinski definition) is 2. The summed E-state index contributed by atoms with van der Waals surface area (Å²) in [4.78, 5) is 11.8. The van der Waals surface area contributed by atoms with Crippen LogP contribution < -0.4 is 5.32 Å². The SMILES string of the molecule is O=C(CCCC1CCCCC1)Nc1ccccc1O. The number of nitrogens with one attached hydrogen (secondary N) is 1. The summed E-state index contributed by atoms with van der Waals surface area (Å²) in [6.07, 6.45) is 9.42. The number of carbonyl (C=O) groups excluding carboxylic acids is 1. The molecule has 2 N–H and O–H groups in total. The van der Waals surface area contributed by atoms with Gasteiger partial charge in [-0.2, -0.15) is 0 Å². The average Bonchev–Trinajstić information content (AvgIpc) is 2.43. The fraction of sp³-hybridized carbons (Fsp3) is 0.562. The summed E-state index contributed by atoms with van der Waals surface area (Å²) in [5.41, 5.74) is 0.505. The summed E-state index contributed by atoms with van der Waals surface area (Å²) in [5, 5.41) is 12.3. The fourth-order valence-corrected chi connectivity index (χ4v) is 2.82. The Morgan fingerprint density at radius 2 is 1.95 bits per heavy atom. The van der Waals surface area contributed by atoms with E-state index in [0.717, 1.165) is 18.8 Å². The first-order valence-electron chi connectivity index (χ1n) is 7.33. The lowest BCUT2D eigenvalue weighted by molar-refractivity contribution is -0.116. The number of amides is 1. The molecule has 1 amide bonds. The minimum atomic E-state index is -0.00249. The lowest BCUT2D eigenvalue weighted by Crippen LogP contribution is -2.12. The van der Waals surface area contributed by atoms with Crippen molar-refractivity contribution in [3.63, 3.8) is 0 Å². The van der Waals surface area contributed by atoms with Gasteiger partial charge in [0, 0.05) is 6.42 Å². The van der Waals surface area contributed by atoms with Crippen LogP contribution in [0.3, 0.4) is 0 Å². The van der Waals surface area contributed by atoms with Crippen LogP contribution in [0.15, 0.2) is 24.3 Å². The molecule has 3 heteroatoms. The Hall–Kier alpha value is -1.51. The average molecular weight is 261 g/mol. The largest absolute Gasteiger partial charge is 0.506 e. The molecule has 2 rings (SSSR count). The van der Waals surface area contributed by atoms with Crippen molar-refractivity contribution in [2.75, 3.05) is 5.32 Å². The molecule has 0 aliphatic heterocycles. The van der Waals surface area contributed by atoms with E-state index in [4.69, 9.17) is 0 Å². The smallest absolute Gasteiger partial charge is 0.224 e. The van der Waals surface area contributed by atoms with Gasteiger partial charge in [0.1, 0.15) is 5.75 Å². The van der Waals surface area contributed by atoms with Crippen LogP contribution in [-0.2, 0) is 4.79 Å². The van der Waals surface area contributed by atoms with E-state index in [1.165, 1.54) is 32.1 Å². The number of rotatable bonds is 5. The molecular weight excluding hydrogens is 238 g/mol. The number of anilines is 1. The molecule has 0 radical (unpaired) electrons. The second-order valence-corrected chi connectivity index (χ2v) is 5.46.